The van der Waals surface area contributed by atoms with E-state index in [1.165, 1.54) is 0 Å². The van der Waals surface area contributed by atoms with Gasteiger partial charge in [0.15, 0.2) is 0 Å². The van der Waals surface area contributed by atoms with Gasteiger partial charge in [0.1, 0.15) is 31.5 Å². The quantitative estimate of drug-likeness (QED) is 0.261. The largest absolute Gasteiger partial charge is 0.463 e. The van der Waals surface area contributed by atoms with Gasteiger partial charge in [-0.25, -0.2) is 4.79 Å². The fraction of sp³-hybridized carbons (Fsp3) is 0.733. The lowest BCUT2D eigenvalue weighted by Crippen LogP contribution is -2.30. The van der Waals surface area contributed by atoms with Crippen LogP contribution in [0.2, 0.25) is 0 Å². The highest BCUT2D eigenvalue weighted by Gasteiger charge is 2.12. The molecule has 0 fully saturated rings. The van der Waals surface area contributed by atoms with Crippen molar-refractivity contribution in [3.05, 3.63) is 12.7 Å². The Kier molecular flexibility index (Phi) is 13.0. The minimum absolute atomic E-state index is 0.0969. The van der Waals surface area contributed by atoms with Crippen molar-refractivity contribution < 1.29 is 43.9 Å². The van der Waals surface area contributed by atoms with E-state index in [2.05, 4.69) is 11.3 Å². The highest BCUT2D eigenvalue weighted by atomic mass is 16.6. The summed E-state index contributed by atoms with van der Waals surface area (Å²) in [5.74, 6) is -1.06. The predicted molar refractivity (Wildman–Crippen MR) is 82.1 cm³/mol. The Morgan fingerprint density at radius 1 is 0.875 bits per heavy atom. The molecule has 0 aliphatic rings. The van der Waals surface area contributed by atoms with Gasteiger partial charge in [0.05, 0.1) is 26.4 Å². The number of carbonyl (C=O) groups is 2. The Morgan fingerprint density at radius 3 is 1.71 bits per heavy atom. The van der Waals surface area contributed by atoms with E-state index in [1.807, 2.05) is 0 Å². The SMILES string of the molecule is C=CC(=O)OCC(O)COCC(O)COCC(O)COC(=O)CC. The molecule has 140 valence electrons. The van der Waals surface area contributed by atoms with Crippen LogP contribution in [-0.4, -0.2) is 85.2 Å². The number of aliphatic hydroxyl groups excluding tert-OH is 3. The van der Waals surface area contributed by atoms with Crippen LogP contribution >= 0.6 is 0 Å². The van der Waals surface area contributed by atoms with Gasteiger partial charge in [-0.05, 0) is 0 Å². The van der Waals surface area contributed by atoms with Crippen LogP contribution in [0.3, 0.4) is 0 Å². The molecule has 0 amide bonds. The van der Waals surface area contributed by atoms with E-state index < -0.39 is 30.3 Å². The van der Waals surface area contributed by atoms with Gasteiger partial charge in [0.2, 0.25) is 0 Å². The predicted octanol–water partition coefficient (Wildman–Crippen LogP) is -1.22. The van der Waals surface area contributed by atoms with E-state index in [-0.39, 0.29) is 46.1 Å². The molecular formula is C15H26O9. The standard InChI is InChI=1S/C15H26O9/c1-3-14(19)23-9-12(17)7-21-5-11(16)6-22-8-13(18)10-24-15(20)4-2/h3,11-13,16-18H,1,4-10H2,2H3. The number of carbonyl (C=O) groups excluding carboxylic acids is 2. The summed E-state index contributed by atoms with van der Waals surface area (Å²) < 4.78 is 19.4. The molecule has 0 bridgehead atoms. The van der Waals surface area contributed by atoms with E-state index >= 15 is 0 Å². The molecule has 0 aromatic carbocycles. The van der Waals surface area contributed by atoms with Crippen LogP contribution in [0.1, 0.15) is 13.3 Å². The maximum atomic E-state index is 10.9. The number of aliphatic hydroxyl groups is 3. The zero-order valence-electron chi connectivity index (χ0n) is 13.8. The minimum atomic E-state index is -1.02. The summed E-state index contributed by atoms with van der Waals surface area (Å²) >= 11 is 0. The van der Waals surface area contributed by atoms with Gasteiger partial charge in [-0.15, -0.1) is 0 Å². The van der Waals surface area contributed by atoms with Crippen molar-refractivity contribution in [1.82, 2.24) is 0 Å². The Hall–Kier alpha value is -1.52. The maximum absolute atomic E-state index is 10.9. The van der Waals surface area contributed by atoms with E-state index in [9.17, 15) is 24.9 Å². The highest BCUT2D eigenvalue weighted by molar-refractivity contribution is 5.81. The van der Waals surface area contributed by atoms with Crippen molar-refractivity contribution in [2.75, 3.05) is 39.6 Å². The third-order valence-electron chi connectivity index (χ3n) is 2.55. The summed E-state index contributed by atoms with van der Waals surface area (Å²) in [5, 5.41) is 28.5. The Labute approximate surface area is 140 Å². The van der Waals surface area contributed by atoms with Gasteiger partial charge in [-0.1, -0.05) is 13.5 Å². The lowest BCUT2D eigenvalue weighted by molar-refractivity contribution is -0.147. The first-order chi connectivity index (χ1) is 11.4. The molecule has 3 unspecified atom stereocenters. The molecule has 0 aromatic heterocycles. The summed E-state index contributed by atoms with van der Waals surface area (Å²) in [6, 6.07) is 0. The molecule has 3 atom stereocenters. The summed E-state index contributed by atoms with van der Waals surface area (Å²) in [6.45, 7) is 4.01. The van der Waals surface area contributed by atoms with Crippen LogP contribution in [0.4, 0.5) is 0 Å². The van der Waals surface area contributed by atoms with Crippen LogP contribution in [-0.2, 0) is 28.5 Å². The van der Waals surface area contributed by atoms with Gasteiger partial charge in [-0.3, -0.25) is 4.79 Å². The Balaban J connectivity index is 3.61. The Morgan fingerprint density at radius 2 is 1.29 bits per heavy atom. The van der Waals surface area contributed by atoms with Crippen LogP contribution < -0.4 is 0 Å². The van der Waals surface area contributed by atoms with Crippen molar-refractivity contribution in [2.24, 2.45) is 0 Å². The molecular weight excluding hydrogens is 324 g/mol. The first-order valence-electron chi connectivity index (χ1n) is 7.53. The van der Waals surface area contributed by atoms with Crippen LogP contribution in [0.25, 0.3) is 0 Å². The van der Waals surface area contributed by atoms with E-state index in [0.29, 0.717) is 0 Å². The topological polar surface area (TPSA) is 132 Å². The molecule has 24 heavy (non-hydrogen) atoms. The van der Waals surface area contributed by atoms with Crippen molar-refractivity contribution in [3.63, 3.8) is 0 Å². The van der Waals surface area contributed by atoms with Crippen molar-refractivity contribution >= 4 is 11.9 Å². The van der Waals surface area contributed by atoms with Crippen LogP contribution in [0.5, 0.6) is 0 Å². The van der Waals surface area contributed by atoms with Gasteiger partial charge < -0.3 is 34.3 Å². The minimum Gasteiger partial charge on any atom is -0.463 e. The molecule has 0 aliphatic heterocycles. The second kappa shape index (κ2) is 13.9. The first kappa shape index (κ1) is 22.5. The molecule has 0 saturated heterocycles. The highest BCUT2D eigenvalue weighted by Crippen LogP contribution is 1.95. The monoisotopic (exact) mass is 350 g/mol. The second-order valence-corrected chi connectivity index (χ2v) is 4.91. The third-order valence-corrected chi connectivity index (χ3v) is 2.55. The number of hydrogen-bond acceptors (Lipinski definition) is 9. The molecule has 0 aliphatic carbocycles. The van der Waals surface area contributed by atoms with Crippen molar-refractivity contribution in [3.8, 4) is 0 Å². The maximum Gasteiger partial charge on any atom is 0.330 e. The summed E-state index contributed by atoms with van der Waals surface area (Å²) in [7, 11) is 0. The smallest absolute Gasteiger partial charge is 0.330 e. The van der Waals surface area contributed by atoms with Crippen molar-refractivity contribution in [2.45, 2.75) is 31.7 Å². The Bertz CT molecular complexity index is 372. The normalized spacial score (nSPS) is 14.5. The van der Waals surface area contributed by atoms with Crippen LogP contribution in [0.15, 0.2) is 12.7 Å². The number of ether oxygens (including phenoxy) is 4. The molecule has 0 saturated carbocycles. The number of esters is 2. The van der Waals surface area contributed by atoms with Crippen molar-refractivity contribution in [1.29, 1.82) is 0 Å². The van der Waals surface area contributed by atoms with Gasteiger partial charge >= 0.3 is 11.9 Å². The van der Waals surface area contributed by atoms with E-state index in [1.54, 1.807) is 6.92 Å². The first-order valence-corrected chi connectivity index (χ1v) is 7.53. The summed E-state index contributed by atoms with van der Waals surface area (Å²) in [5.41, 5.74) is 0. The summed E-state index contributed by atoms with van der Waals surface area (Å²) in [4.78, 5) is 21.7. The molecule has 0 rings (SSSR count). The molecule has 0 radical (unpaired) electrons. The lowest BCUT2D eigenvalue weighted by atomic mass is 10.3. The summed E-state index contributed by atoms with van der Waals surface area (Å²) in [6.07, 6.45) is -1.75. The van der Waals surface area contributed by atoms with Gasteiger partial charge in [0, 0.05) is 12.5 Å². The van der Waals surface area contributed by atoms with Crippen LogP contribution in [0, 0.1) is 0 Å². The van der Waals surface area contributed by atoms with E-state index in [0.717, 1.165) is 6.08 Å². The number of rotatable bonds is 14. The molecule has 0 aromatic rings. The number of hydrogen-bond donors (Lipinski definition) is 3. The zero-order valence-corrected chi connectivity index (χ0v) is 13.8. The van der Waals surface area contributed by atoms with E-state index in [4.69, 9.17) is 14.2 Å². The average Bonchev–Trinajstić information content (AvgIpc) is 2.57. The molecule has 9 heteroatoms. The molecule has 3 N–H and O–H groups in total. The van der Waals surface area contributed by atoms with Gasteiger partial charge in [0.25, 0.3) is 0 Å². The molecule has 0 heterocycles. The average molecular weight is 350 g/mol. The lowest BCUT2D eigenvalue weighted by Gasteiger charge is -2.16. The third kappa shape index (κ3) is 13.0. The fourth-order valence-corrected chi connectivity index (χ4v) is 1.35. The molecule has 9 nitrogen and oxygen atoms in total. The fourth-order valence-electron chi connectivity index (χ4n) is 1.35. The second-order valence-electron chi connectivity index (χ2n) is 4.91. The zero-order chi connectivity index (χ0) is 18.4. The molecule has 0 spiro atoms. The van der Waals surface area contributed by atoms with Gasteiger partial charge in [-0.2, -0.15) is 0 Å².